The van der Waals surface area contributed by atoms with Gasteiger partial charge in [0.25, 0.3) is 0 Å². The van der Waals surface area contributed by atoms with E-state index >= 15 is 0 Å². The van der Waals surface area contributed by atoms with Crippen LogP contribution in [0.2, 0.25) is 0 Å². The van der Waals surface area contributed by atoms with Gasteiger partial charge in [0.1, 0.15) is 17.4 Å². The maximum absolute atomic E-state index is 14.1. The monoisotopic (exact) mass is 539 g/mol. The Morgan fingerprint density at radius 2 is 1.62 bits per heavy atom. The minimum absolute atomic E-state index is 0.0188. The van der Waals surface area contributed by atoms with Gasteiger partial charge in [0.05, 0.1) is 12.0 Å². The Balaban J connectivity index is 1.58. The van der Waals surface area contributed by atoms with Crippen molar-refractivity contribution in [3.05, 3.63) is 107 Å². The highest BCUT2D eigenvalue weighted by molar-refractivity contribution is 6.02. The van der Waals surface area contributed by atoms with Gasteiger partial charge >= 0.3 is 6.18 Å². The Hall–Kier alpha value is -4.34. The summed E-state index contributed by atoms with van der Waals surface area (Å²) < 4.78 is 71.0. The Morgan fingerprint density at radius 1 is 0.923 bits per heavy atom. The van der Waals surface area contributed by atoms with E-state index in [2.05, 4.69) is 9.97 Å². The normalized spacial score (nSPS) is 17.2. The molecule has 0 saturated heterocycles. The van der Waals surface area contributed by atoms with Gasteiger partial charge in [0, 0.05) is 18.5 Å². The molecule has 0 aliphatic carbocycles. The molecule has 3 aromatic carbocycles. The second-order valence-electron chi connectivity index (χ2n) is 9.53. The third-order valence-corrected chi connectivity index (χ3v) is 6.59. The number of aromatic nitrogens is 2. The fourth-order valence-corrected chi connectivity index (χ4v) is 4.88. The van der Waals surface area contributed by atoms with E-state index in [0.29, 0.717) is 16.7 Å². The molecule has 0 N–H and O–H groups in total. The SMILES string of the molecule is CC1(Cc2cc(F)cc(F)c2)C(=O)N(c2ncccn2)Cc2ccc(-c3cccc(OCC(F)(F)F)c3)cc21. The van der Waals surface area contributed by atoms with E-state index in [9.17, 15) is 26.7 Å². The molecule has 4 aromatic rings. The van der Waals surface area contributed by atoms with Gasteiger partial charge in [-0.25, -0.2) is 18.7 Å². The second kappa shape index (κ2) is 10.1. The summed E-state index contributed by atoms with van der Waals surface area (Å²) in [5.74, 6) is -1.63. The van der Waals surface area contributed by atoms with Gasteiger partial charge in [-0.15, -0.1) is 0 Å². The number of benzene rings is 3. The van der Waals surface area contributed by atoms with Gasteiger partial charge < -0.3 is 4.74 Å². The Bertz CT molecular complexity index is 1510. The first kappa shape index (κ1) is 26.3. The van der Waals surface area contributed by atoms with Crippen LogP contribution >= 0.6 is 0 Å². The number of alkyl halides is 3. The second-order valence-corrected chi connectivity index (χ2v) is 9.53. The molecule has 200 valence electrons. The van der Waals surface area contributed by atoms with Crippen molar-refractivity contribution in [2.45, 2.75) is 31.5 Å². The quantitative estimate of drug-likeness (QED) is 0.266. The first-order valence-corrected chi connectivity index (χ1v) is 12.0. The van der Waals surface area contributed by atoms with Crippen LogP contribution < -0.4 is 9.64 Å². The number of rotatable bonds is 6. The number of ether oxygens (including phenoxy) is 1. The summed E-state index contributed by atoms with van der Waals surface area (Å²) in [6.07, 6.45) is -1.47. The minimum atomic E-state index is -4.48. The van der Waals surface area contributed by atoms with Crippen LogP contribution in [0.4, 0.5) is 27.9 Å². The molecule has 5 rings (SSSR count). The first-order valence-electron chi connectivity index (χ1n) is 12.0. The highest BCUT2D eigenvalue weighted by Crippen LogP contribution is 2.41. The summed E-state index contributed by atoms with van der Waals surface area (Å²) in [5.41, 5.74) is 1.64. The van der Waals surface area contributed by atoms with Crippen LogP contribution in [0.3, 0.4) is 0 Å². The lowest BCUT2D eigenvalue weighted by atomic mass is 9.71. The van der Waals surface area contributed by atoms with Crippen molar-refractivity contribution in [3.8, 4) is 16.9 Å². The van der Waals surface area contributed by atoms with Crippen molar-refractivity contribution in [1.29, 1.82) is 0 Å². The predicted octanol–water partition coefficient (Wildman–Crippen LogP) is 6.41. The molecule has 39 heavy (non-hydrogen) atoms. The van der Waals surface area contributed by atoms with Crippen molar-refractivity contribution < 1.29 is 31.5 Å². The lowest BCUT2D eigenvalue weighted by molar-refractivity contribution is -0.153. The molecule has 0 spiro atoms. The van der Waals surface area contributed by atoms with Gasteiger partial charge in [-0.1, -0.05) is 24.3 Å². The van der Waals surface area contributed by atoms with E-state index < -0.39 is 29.8 Å². The molecule has 0 bridgehead atoms. The van der Waals surface area contributed by atoms with Crippen molar-refractivity contribution in [2.75, 3.05) is 11.5 Å². The maximum Gasteiger partial charge on any atom is 0.422 e. The average Bonchev–Trinajstić information content (AvgIpc) is 2.89. The fourth-order valence-electron chi connectivity index (χ4n) is 4.88. The van der Waals surface area contributed by atoms with E-state index in [1.54, 1.807) is 37.3 Å². The number of carbonyl (C=O) groups excluding carboxylic acids is 1. The predicted molar refractivity (Wildman–Crippen MR) is 134 cm³/mol. The minimum Gasteiger partial charge on any atom is -0.484 e. The van der Waals surface area contributed by atoms with Gasteiger partial charge in [-0.05, 0) is 77.6 Å². The summed E-state index contributed by atoms with van der Waals surface area (Å²) in [7, 11) is 0. The lowest BCUT2D eigenvalue weighted by Gasteiger charge is -2.40. The zero-order valence-electron chi connectivity index (χ0n) is 20.7. The topological polar surface area (TPSA) is 55.3 Å². The van der Waals surface area contributed by atoms with Crippen molar-refractivity contribution in [1.82, 2.24) is 9.97 Å². The van der Waals surface area contributed by atoms with E-state index in [0.717, 1.165) is 11.6 Å². The molecule has 10 heteroatoms. The van der Waals surface area contributed by atoms with Gasteiger partial charge in [0.15, 0.2) is 6.61 Å². The van der Waals surface area contributed by atoms with Crippen LogP contribution in [0.15, 0.2) is 79.1 Å². The number of anilines is 1. The van der Waals surface area contributed by atoms with E-state index in [1.165, 1.54) is 41.6 Å². The number of nitrogens with zero attached hydrogens (tertiary/aromatic N) is 3. The highest BCUT2D eigenvalue weighted by atomic mass is 19.4. The summed E-state index contributed by atoms with van der Waals surface area (Å²) >= 11 is 0. The number of hydrogen-bond donors (Lipinski definition) is 0. The number of hydrogen-bond acceptors (Lipinski definition) is 4. The molecule has 5 nitrogen and oxygen atoms in total. The molecule has 1 unspecified atom stereocenters. The smallest absolute Gasteiger partial charge is 0.422 e. The lowest BCUT2D eigenvalue weighted by Crippen LogP contribution is -2.51. The average molecular weight is 540 g/mol. The summed E-state index contributed by atoms with van der Waals surface area (Å²) in [6, 6.07) is 16.4. The van der Waals surface area contributed by atoms with Crippen LogP contribution in [0, 0.1) is 11.6 Å². The standard InChI is InChI=1S/C29H22F5N3O2/c1-28(15-18-10-22(30)14-23(31)11-18)25-13-20(19-4-2-5-24(12-19)39-17-29(32,33)34)6-7-21(25)16-37(26(28)38)27-35-8-3-9-36-27/h2-14H,15-17H2,1H3. The summed E-state index contributed by atoms with van der Waals surface area (Å²) in [6.45, 7) is 0.438. The van der Waals surface area contributed by atoms with E-state index in [1.807, 2.05) is 6.07 Å². The van der Waals surface area contributed by atoms with Crippen molar-refractivity contribution in [3.63, 3.8) is 0 Å². The van der Waals surface area contributed by atoms with E-state index in [-0.39, 0.29) is 36.1 Å². The number of carbonyl (C=O) groups is 1. The van der Waals surface area contributed by atoms with E-state index in [4.69, 9.17) is 4.74 Å². The largest absolute Gasteiger partial charge is 0.484 e. The van der Waals surface area contributed by atoms with Crippen molar-refractivity contribution >= 4 is 11.9 Å². The number of fused-ring (bicyclic) bond motifs is 1. The zero-order valence-corrected chi connectivity index (χ0v) is 20.7. The van der Waals surface area contributed by atoms with Crippen LogP contribution in [0.25, 0.3) is 11.1 Å². The first-order chi connectivity index (χ1) is 18.5. The van der Waals surface area contributed by atoms with Gasteiger partial charge in [-0.3, -0.25) is 9.69 Å². The molecule has 1 amide bonds. The highest BCUT2D eigenvalue weighted by Gasteiger charge is 2.45. The van der Waals surface area contributed by atoms with Crippen LogP contribution in [0.5, 0.6) is 5.75 Å². The molecule has 2 heterocycles. The Labute approximate surface area is 220 Å². The molecule has 0 radical (unpaired) electrons. The Kier molecular flexibility index (Phi) is 6.80. The van der Waals surface area contributed by atoms with Gasteiger partial charge in [0.2, 0.25) is 11.9 Å². The maximum atomic E-state index is 14.1. The number of amides is 1. The molecule has 1 atom stereocenters. The summed E-state index contributed by atoms with van der Waals surface area (Å²) in [5, 5.41) is 0. The fraction of sp³-hybridized carbons (Fsp3) is 0.207. The van der Waals surface area contributed by atoms with Crippen molar-refractivity contribution in [2.24, 2.45) is 0 Å². The molecular weight excluding hydrogens is 517 g/mol. The van der Waals surface area contributed by atoms with Gasteiger partial charge in [-0.2, -0.15) is 13.2 Å². The molecule has 0 fully saturated rings. The molecule has 1 aliphatic rings. The van der Waals surface area contributed by atoms with Crippen LogP contribution in [0.1, 0.15) is 23.6 Å². The molecule has 0 saturated carbocycles. The third-order valence-electron chi connectivity index (χ3n) is 6.59. The molecular formula is C29H22F5N3O2. The summed E-state index contributed by atoms with van der Waals surface area (Å²) in [4.78, 5) is 23.9. The van der Waals surface area contributed by atoms with Crippen LogP contribution in [-0.4, -0.2) is 28.7 Å². The third kappa shape index (κ3) is 5.59. The zero-order chi connectivity index (χ0) is 27.8. The van der Waals surface area contributed by atoms with Crippen LogP contribution in [-0.2, 0) is 23.2 Å². The number of halogens is 5. The molecule has 1 aliphatic heterocycles. The molecule has 1 aromatic heterocycles. The Morgan fingerprint density at radius 3 is 2.31 bits per heavy atom.